The fourth-order valence-corrected chi connectivity index (χ4v) is 1.17. The first-order chi connectivity index (χ1) is 8.42. The first-order valence-corrected chi connectivity index (χ1v) is 4.75. The topological polar surface area (TPSA) is 84.0 Å². The van der Waals surface area contributed by atoms with E-state index in [-0.39, 0.29) is 18.0 Å². The zero-order valence-electron chi connectivity index (χ0n) is 9.05. The zero-order valence-corrected chi connectivity index (χ0v) is 9.05. The number of nitrogens with two attached hydrogens (primary N) is 1. The van der Waals surface area contributed by atoms with Gasteiger partial charge >= 0.3 is 6.36 Å². The molecule has 0 heterocycles. The van der Waals surface area contributed by atoms with E-state index in [0.717, 1.165) is 12.1 Å². The monoisotopic (exact) mass is 258 g/mol. The predicted molar refractivity (Wildman–Crippen MR) is 60.6 cm³/mol. The van der Waals surface area contributed by atoms with Crippen LogP contribution in [0.4, 0.5) is 18.9 Å². The number of hydrogen-bond acceptors (Lipinski definition) is 3. The van der Waals surface area contributed by atoms with Crippen molar-refractivity contribution in [2.24, 2.45) is 5.11 Å². The lowest BCUT2D eigenvalue weighted by molar-refractivity contribution is -0.274. The molecule has 0 aliphatic heterocycles. The molecule has 18 heavy (non-hydrogen) atoms. The van der Waals surface area contributed by atoms with Gasteiger partial charge in [-0.1, -0.05) is 17.3 Å². The molecule has 2 N–H and O–H groups in total. The number of benzene rings is 1. The summed E-state index contributed by atoms with van der Waals surface area (Å²) in [6.45, 7) is 0.136. The second kappa shape index (κ2) is 5.83. The maximum absolute atomic E-state index is 11.9. The summed E-state index contributed by atoms with van der Waals surface area (Å²) in [7, 11) is 0. The highest BCUT2D eigenvalue weighted by Gasteiger charge is 2.31. The van der Waals surface area contributed by atoms with Gasteiger partial charge in [-0.3, -0.25) is 0 Å². The number of hydrogen-bond donors (Lipinski definition) is 1. The normalized spacial score (nSPS) is 11.3. The van der Waals surface area contributed by atoms with Crippen molar-refractivity contribution >= 4 is 11.8 Å². The Labute approximate surface area is 100 Å². The van der Waals surface area contributed by atoms with Gasteiger partial charge in [-0.15, -0.1) is 13.2 Å². The van der Waals surface area contributed by atoms with Gasteiger partial charge in [0.05, 0.1) is 0 Å². The Balaban J connectivity index is 2.79. The summed E-state index contributed by atoms with van der Waals surface area (Å²) in [5, 5.41) is 3.26. The number of nitrogen functional groups attached to an aromatic ring is 1. The number of halogens is 3. The van der Waals surface area contributed by atoms with Crippen LogP contribution in [0, 0.1) is 0 Å². The van der Waals surface area contributed by atoms with Crippen molar-refractivity contribution in [1.29, 1.82) is 0 Å². The summed E-state index contributed by atoms with van der Waals surface area (Å²) in [4.78, 5) is 2.54. The number of azide groups is 1. The van der Waals surface area contributed by atoms with Crippen LogP contribution in [-0.2, 0) is 0 Å². The Morgan fingerprint density at radius 3 is 2.72 bits per heavy atom. The summed E-state index contributed by atoms with van der Waals surface area (Å²) >= 11 is 0. The molecule has 0 amide bonds. The van der Waals surface area contributed by atoms with Gasteiger partial charge in [0.2, 0.25) is 0 Å². The lowest BCUT2D eigenvalue weighted by Gasteiger charge is -2.10. The quantitative estimate of drug-likeness (QED) is 0.388. The molecule has 1 aromatic carbocycles. The Hall–Kier alpha value is -2.34. The van der Waals surface area contributed by atoms with Gasteiger partial charge in [0.15, 0.2) is 0 Å². The molecule has 96 valence electrons. The molecule has 0 aliphatic rings. The summed E-state index contributed by atoms with van der Waals surface area (Å²) in [5.41, 5.74) is 14.2. The highest BCUT2D eigenvalue weighted by molar-refractivity contribution is 5.66. The van der Waals surface area contributed by atoms with Crippen LogP contribution in [-0.4, -0.2) is 12.9 Å². The van der Waals surface area contributed by atoms with Crippen molar-refractivity contribution in [1.82, 2.24) is 0 Å². The summed E-state index contributed by atoms with van der Waals surface area (Å²) in [5.74, 6) is -0.382. The van der Waals surface area contributed by atoms with Gasteiger partial charge in [-0.2, -0.15) is 0 Å². The van der Waals surface area contributed by atoms with Gasteiger partial charge in [0.1, 0.15) is 5.75 Å². The number of anilines is 1. The van der Waals surface area contributed by atoms with Crippen molar-refractivity contribution < 1.29 is 17.9 Å². The van der Waals surface area contributed by atoms with Gasteiger partial charge in [-0.25, -0.2) is 0 Å². The highest BCUT2D eigenvalue weighted by Crippen LogP contribution is 2.26. The smallest absolute Gasteiger partial charge is 0.406 e. The summed E-state index contributed by atoms with van der Waals surface area (Å²) in [6.07, 6.45) is -1.66. The summed E-state index contributed by atoms with van der Waals surface area (Å²) in [6, 6.07) is 3.60. The predicted octanol–water partition coefficient (Wildman–Crippen LogP) is 3.49. The largest absolute Gasteiger partial charge is 0.573 e. The van der Waals surface area contributed by atoms with Crippen molar-refractivity contribution in [2.75, 3.05) is 12.3 Å². The third-order valence-electron chi connectivity index (χ3n) is 1.84. The molecule has 1 aromatic rings. The Morgan fingerprint density at radius 1 is 1.44 bits per heavy atom. The molecule has 0 bridgehead atoms. The Bertz CT molecular complexity index is 492. The van der Waals surface area contributed by atoms with Crippen molar-refractivity contribution in [3.05, 3.63) is 40.3 Å². The van der Waals surface area contributed by atoms with E-state index in [9.17, 15) is 13.2 Å². The second-order valence-electron chi connectivity index (χ2n) is 3.15. The molecular weight excluding hydrogens is 249 g/mol. The molecule has 0 aliphatic carbocycles. The average Bonchev–Trinajstić information content (AvgIpc) is 2.24. The first kappa shape index (κ1) is 13.7. The second-order valence-corrected chi connectivity index (χ2v) is 3.15. The molecule has 0 radical (unpaired) electrons. The van der Waals surface area contributed by atoms with Gasteiger partial charge < -0.3 is 10.5 Å². The molecule has 0 atom stereocenters. The standard InChI is InChI=1S/C10H9F3N4O/c11-10(12,13)18-8-4-3-7(9(14)6-8)2-1-5-16-17-15/h1-4,6H,5,14H2. The van der Waals surface area contributed by atoms with Crippen LogP contribution in [0.25, 0.3) is 16.5 Å². The Morgan fingerprint density at radius 2 is 2.17 bits per heavy atom. The number of rotatable bonds is 4. The van der Waals surface area contributed by atoms with E-state index in [4.69, 9.17) is 11.3 Å². The van der Waals surface area contributed by atoms with Gasteiger partial charge in [-0.05, 0) is 23.2 Å². The maximum atomic E-state index is 11.9. The third-order valence-corrected chi connectivity index (χ3v) is 1.84. The van der Waals surface area contributed by atoms with Gasteiger partial charge in [0.25, 0.3) is 0 Å². The van der Waals surface area contributed by atoms with E-state index in [0.29, 0.717) is 5.56 Å². The molecule has 8 heteroatoms. The molecule has 0 spiro atoms. The number of alkyl halides is 3. The summed E-state index contributed by atoms with van der Waals surface area (Å²) < 4.78 is 39.5. The molecule has 0 saturated heterocycles. The van der Waals surface area contributed by atoms with Gasteiger partial charge in [0, 0.05) is 23.2 Å². The number of nitrogens with zero attached hydrogens (tertiary/aromatic N) is 3. The minimum Gasteiger partial charge on any atom is -0.406 e. The first-order valence-electron chi connectivity index (χ1n) is 4.75. The molecule has 0 unspecified atom stereocenters. The van der Waals surface area contributed by atoms with Crippen LogP contribution >= 0.6 is 0 Å². The SMILES string of the molecule is [N-]=[N+]=NCC=Cc1ccc(OC(F)(F)F)cc1N. The Kier molecular flexibility index (Phi) is 4.45. The van der Waals surface area contributed by atoms with E-state index >= 15 is 0 Å². The number of ether oxygens (including phenoxy) is 1. The lowest BCUT2D eigenvalue weighted by atomic mass is 10.1. The molecule has 0 fully saturated rings. The van der Waals surface area contributed by atoms with E-state index in [1.54, 1.807) is 6.08 Å². The van der Waals surface area contributed by atoms with Crippen LogP contribution in [0.3, 0.4) is 0 Å². The fraction of sp³-hybridized carbons (Fsp3) is 0.200. The van der Waals surface area contributed by atoms with Crippen molar-refractivity contribution in [2.45, 2.75) is 6.36 Å². The molecular formula is C10H9F3N4O. The van der Waals surface area contributed by atoms with E-state index < -0.39 is 6.36 Å². The van der Waals surface area contributed by atoms with Crippen LogP contribution < -0.4 is 10.5 Å². The minimum atomic E-state index is -4.74. The van der Waals surface area contributed by atoms with E-state index in [2.05, 4.69) is 14.8 Å². The van der Waals surface area contributed by atoms with Crippen LogP contribution in [0.15, 0.2) is 29.4 Å². The van der Waals surface area contributed by atoms with Crippen LogP contribution in [0.1, 0.15) is 5.56 Å². The third kappa shape index (κ3) is 4.67. The average molecular weight is 258 g/mol. The fourth-order valence-electron chi connectivity index (χ4n) is 1.17. The van der Waals surface area contributed by atoms with Crippen molar-refractivity contribution in [3.8, 4) is 5.75 Å². The van der Waals surface area contributed by atoms with Crippen LogP contribution in [0.5, 0.6) is 5.75 Å². The van der Waals surface area contributed by atoms with E-state index in [1.165, 1.54) is 12.1 Å². The minimum absolute atomic E-state index is 0.133. The van der Waals surface area contributed by atoms with E-state index in [1.807, 2.05) is 0 Å². The molecule has 1 rings (SSSR count). The molecule has 0 saturated carbocycles. The van der Waals surface area contributed by atoms with Crippen LogP contribution in [0.2, 0.25) is 0 Å². The lowest BCUT2D eigenvalue weighted by Crippen LogP contribution is -2.17. The highest BCUT2D eigenvalue weighted by atomic mass is 19.4. The zero-order chi connectivity index (χ0) is 13.6. The molecule has 5 nitrogen and oxygen atoms in total. The van der Waals surface area contributed by atoms with Crippen molar-refractivity contribution in [3.63, 3.8) is 0 Å². The maximum Gasteiger partial charge on any atom is 0.573 e. The molecule has 0 aromatic heterocycles.